The van der Waals surface area contributed by atoms with Gasteiger partial charge in [0, 0.05) is 0 Å². The quantitative estimate of drug-likeness (QED) is 0.397. The molecule has 1 rings (SSSR count). The molecule has 0 aliphatic carbocycles. The second-order valence-corrected chi connectivity index (χ2v) is 2.85. The summed E-state index contributed by atoms with van der Waals surface area (Å²) in [7, 11) is 0. The molecule has 5 N–H and O–H groups in total. The van der Waals surface area contributed by atoms with Gasteiger partial charge in [0.1, 0.15) is 12.2 Å². The Morgan fingerprint density at radius 2 is 2.25 bits per heavy atom. The van der Waals surface area contributed by atoms with Crippen LogP contribution in [0.15, 0.2) is 6.33 Å². The lowest BCUT2D eigenvalue weighted by molar-refractivity contribution is -0.146. The number of carbonyl (C=O) groups is 2. The van der Waals surface area contributed by atoms with Crippen LogP contribution in [0.25, 0.3) is 0 Å². The monoisotopic (exact) mass is 229 g/mol. The minimum Gasteiger partial charge on any atom is -0.479 e. The van der Waals surface area contributed by atoms with Gasteiger partial charge in [-0.2, -0.15) is 5.10 Å². The van der Waals surface area contributed by atoms with Crippen molar-refractivity contribution >= 4 is 12.0 Å². The Morgan fingerprint density at radius 3 is 2.81 bits per heavy atom. The normalized spacial score (nSPS) is 11.8. The van der Waals surface area contributed by atoms with Crippen molar-refractivity contribution in [3.63, 3.8) is 0 Å². The van der Waals surface area contributed by atoms with Gasteiger partial charge in [0.2, 0.25) is 0 Å². The molecule has 1 unspecified atom stereocenters. The number of hydrogen-bond donors (Lipinski definition) is 5. The van der Waals surface area contributed by atoms with Crippen molar-refractivity contribution in [2.75, 3.05) is 6.54 Å². The van der Waals surface area contributed by atoms with Crippen LogP contribution in [0, 0.1) is 0 Å². The minimum absolute atomic E-state index is 0.134. The summed E-state index contributed by atoms with van der Waals surface area (Å²) in [6.45, 7) is -0.230. The van der Waals surface area contributed by atoms with Crippen LogP contribution in [-0.4, -0.2) is 50.0 Å². The highest BCUT2D eigenvalue weighted by Crippen LogP contribution is 1.84. The molecule has 0 saturated heterocycles. The molecule has 2 amide bonds. The van der Waals surface area contributed by atoms with E-state index in [1.807, 2.05) is 0 Å². The minimum atomic E-state index is -1.61. The van der Waals surface area contributed by atoms with Gasteiger partial charge in [-0.25, -0.2) is 14.6 Å². The molecule has 9 nitrogen and oxygen atoms in total. The summed E-state index contributed by atoms with van der Waals surface area (Å²) in [5.41, 5.74) is 0. The number of aliphatic hydroxyl groups is 1. The molecule has 0 aliphatic heterocycles. The number of aromatic nitrogens is 3. The number of urea groups is 1. The van der Waals surface area contributed by atoms with Crippen molar-refractivity contribution in [1.29, 1.82) is 0 Å². The number of carbonyl (C=O) groups excluding carboxylic acids is 1. The van der Waals surface area contributed by atoms with E-state index in [0.29, 0.717) is 5.82 Å². The van der Waals surface area contributed by atoms with Crippen molar-refractivity contribution in [3.05, 3.63) is 12.2 Å². The highest BCUT2D eigenvalue weighted by atomic mass is 16.4. The first-order chi connectivity index (χ1) is 7.59. The lowest BCUT2D eigenvalue weighted by Gasteiger charge is -2.08. The molecule has 0 bridgehead atoms. The van der Waals surface area contributed by atoms with Crippen LogP contribution in [0.1, 0.15) is 5.82 Å². The lowest BCUT2D eigenvalue weighted by atomic mass is 10.4. The van der Waals surface area contributed by atoms with Crippen molar-refractivity contribution in [2.24, 2.45) is 0 Å². The zero-order valence-electron chi connectivity index (χ0n) is 8.17. The Morgan fingerprint density at radius 1 is 1.50 bits per heavy atom. The number of aromatic amines is 1. The fraction of sp³-hybridized carbons (Fsp3) is 0.429. The van der Waals surface area contributed by atoms with Gasteiger partial charge in [-0.3, -0.25) is 5.10 Å². The molecule has 0 saturated carbocycles. The molecule has 0 fully saturated rings. The summed E-state index contributed by atoms with van der Waals surface area (Å²) in [6, 6.07) is -0.600. The molecule has 9 heteroatoms. The maximum atomic E-state index is 11.1. The zero-order chi connectivity index (χ0) is 12.0. The van der Waals surface area contributed by atoms with Gasteiger partial charge in [-0.1, -0.05) is 0 Å². The molecule has 1 aromatic heterocycles. The number of hydrogen-bond acceptors (Lipinski definition) is 5. The average Bonchev–Trinajstić information content (AvgIpc) is 2.75. The molecule has 0 spiro atoms. The molecule has 88 valence electrons. The van der Waals surface area contributed by atoms with Crippen LogP contribution < -0.4 is 10.6 Å². The second-order valence-electron chi connectivity index (χ2n) is 2.85. The molecule has 0 aromatic carbocycles. The first-order valence-corrected chi connectivity index (χ1v) is 4.36. The number of H-pyrrole nitrogens is 1. The van der Waals surface area contributed by atoms with Gasteiger partial charge in [0.05, 0.1) is 13.1 Å². The SMILES string of the molecule is O=C(NCc1ncn[nH]1)NCC(O)C(=O)O. The number of aliphatic carboxylic acids is 1. The van der Waals surface area contributed by atoms with Crippen LogP contribution in [0.5, 0.6) is 0 Å². The lowest BCUT2D eigenvalue weighted by Crippen LogP contribution is -2.41. The second kappa shape index (κ2) is 5.66. The van der Waals surface area contributed by atoms with Crippen molar-refractivity contribution in [3.8, 4) is 0 Å². The largest absolute Gasteiger partial charge is 0.479 e. The Labute approximate surface area is 89.9 Å². The first kappa shape index (κ1) is 11.9. The summed E-state index contributed by atoms with van der Waals surface area (Å²) in [5.74, 6) is -0.926. The predicted molar refractivity (Wildman–Crippen MR) is 50.3 cm³/mol. The van der Waals surface area contributed by atoms with Gasteiger partial charge in [-0.15, -0.1) is 0 Å². The Bertz CT molecular complexity index is 352. The summed E-state index contributed by atoms with van der Waals surface area (Å²) in [4.78, 5) is 25.0. The van der Waals surface area contributed by atoms with Gasteiger partial charge >= 0.3 is 12.0 Å². The molecule has 1 heterocycles. The van der Waals surface area contributed by atoms with Gasteiger partial charge in [-0.05, 0) is 0 Å². The number of nitrogens with zero attached hydrogens (tertiary/aromatic N) is 2. The Kier molecular flexibility index (Phi) is 4.21. The maximum absolute atomic E-state index is 11.1. The third kappa shape index (κ3) is 3.92. The number of carboxylic acids is 1. The van der Waals surface area contributed by atoms with E-state index >= 15 is 0 Å². The number of rotatable bonds is 5. The van der Waals surface area contributed by atoms with Gasteiger partial charge in [0.25, 0.3) is 0 Å². The van der Waals surface area contributed by atoms with Crippen molar-refractivity contribution in [1.82, 2.24) is 25.8 Å². The van der Waals surface area contributed by atoms with Gasteiger partial charge < -0.3 is 20.8 Å². The maximum Gasteiger partial charge on any atom is 0.334 e. The molecule has 0 aliphatic rings. The van der Waals surface area contributed by atoms with E-state index in [0.717, 1.165) is 0 Å². The summed E-state index contributed by atoms with van der Waals surface area (Å²) in [6.07, 6.45) is -0.320. The molecular weight excluding hydrogens is 218 g/mol. The van der Waals surface area contributed by atoms with E-state index in [4.69, 9.17) is 10.2 Å². The molecule has 1 aromatic rings. The summed E-state index contributed by atoms with van der Waals surface area (Å²) < 4.78 is 0. The van der Waals surface area contributed by atoms with E-state index < -0.39 is 18.1 Å². The van der Waals surface area contributed by atoms with Crippen molar-refractivity contribution in [2.45, 2.75) is 12.6 Å². The van der Waals surface area contributed by atoms with Crippen LogP contribution >= 0.6 is 0 Å². The average molecular weight is 229 g/mol. The van der Waals surface area contributed by atoms with Crippen molar-refractivity contribution < 1.29 is 19.8 Å². The fourth-order valence-corrected chi connectivity index (χ4v) is 0.819. The van der Waals surface area contributed by atoms with E-state index in [2.05, 4.69) is 25.8 Å². The molecule has 16 heavy (non-hydrogen) atoms. The van der Waals surface area contributed by atoms with E-state index in [-0.39, 0.29) is 13.1 Å². The van der Waals surface area contributed by atoms with E-state index in [1.165, 1.54) is 6.33 Å². The number of aliphatic hydroxyl groups excluding tert-OH is 1. The van der Waals surface area contributed by atoms with E-state index in [1.54, 1.807) is 0 Å². The molecule has 1 atom stereocenters. The van der Waals surface area contributed by atoms with E-state index in [9.17, 15) is 9.59 Å². The third-order valence-electron chi connectivity index (χ3n) is 1.62. The highest BCUT2D eigenvalue weighted by molar-refractivity contribution is 5.76. The first-order valence-electron chi connectivity index (χ1n) is 4.36. The highest BCUT2D eigenvalue weighted by Gasteiger charge is 2.13. The predicted octanol–water partition coefficient (Wildman–Crippen LogP) is -1.95. The number of nitrogens with one attached hydrogen (secondary N) is 3. The Hall–Kier alpha value is -2.16. The Balaban J connectivity index is 2.19. The number of amides is 2. The van der Waals surface area contributed by atoms with Crippen LogP contribution in [-0.2, 0) is 11.3 Å². The van der Waals surface area contributed by atoms with Crippen LogP contribution in [0.4, 0.5) is 4.79 Å². The smallest absolute Gasteiger partial charge is 0.334 e. The topological polar surface area (TPSA) is 140 Å². The van der Waals surface area contributed by atoms with Crippen LogP contribution in [0.2, 0.25) is 0 Å². The standard InChI is InChI=1S/C7H11N5O4/c13-4(6(14)15)1-8-7(16)9-2-5-10-3-11-12-5/h3-4,13H,1-2H2,(H,14,15)(H2,8,9,16)(H,10,11,12). The summed E-state index contributed by atoms with van der Waals surface area (Å²) >= 11 is 0. The van der Waals surface area contributed by atoms with Gasteiger partial charge in [0.15, 0.2) is 6.10 Å². The van der Waals surface area contributed by atoms with Crippen LogP contribution in [0.3, 0.4) is 0 Å². The molecular formula is C7H11N5O4. The third-order valence-corrected chi connectivity index (χ3v) is 1.62. The molecule has 0 radical (unpaired) electrons. The fourth-order valence-electron chi connectivity index (χ4n) is 0.819. The summed E-state index contributed by atoms with van der Waals surface area (Å²) in [5, 5.41) is 27.9. The number of carboxylic acid groups (broad SMARTS) is 1. The zero-order valence-corrected chi connectivity index (χ0v) is 8.17.